The van der Waals surface area contributed by atoms with Crippen LogP contribution in [0.1, 0.15) is 12.0 Å². The van der Waals surface area contributed by atoms with Crippen LogP contribution in [0.25, 0.3) is 0 Å². The first-order valence-corrected chi connectivity index (χ1v) is 6.65. The zero-order valence-corrected chi connectivity index (χ0v) is 11.6. The van der Waals surface area contributed by atoms with Gasteiger partial charge in [-0.15, -0.1) is 0 Å². The van der Waals surface area contributed by atoms with Crippen molar-refractivity contribution in [3.63, 3.8) is 0 Å². The number of hydrogen-bond donors (Lipinski definition) is 2. The second-order valence-electron chi connectivity index (χ2n) is 4.53. The van der Waals surface area contributed by atoms with Crippen molar-refractivity contribution in [2.24, 2.45) is 0 Å². The van der Waals surface area contributed by atoms with Crippen molar-refractivity contribution in [1.82, 2.24) is 4.90 Å². The third kappa shape index (κ3) is 4.00. The molecule has 2 rings (SSSR count). The van der Waals surface area contributed by atoms with Crippen molar-refractivity contribution in [2.75, 3.05) is 13.1 Å². The summed E-state index contributed by atoms with van der Waals surface area (Å²) in [5, 5.41) is 18.7. The monoisotopic (exact) mass is 295 g/mol. The predicted octanol–water partition coefficient (Wildman–Crippen LogP) is 1.62. The van der Waals surface area contributed by atoms with Gasteiger partial charge in [0.1, 0.15) is 6.61 Å². The Kier molecular flexibility index (Phi) is 5.06. The number of halogens is 1. The fourth-order valence-corrected chi connectivity index (χ4v) is 2.03. The van der Waals surface area contributed by atoms with Gasteiger partial charge in [-0.05, 0) is 29.6 Å². The van der Waals surface area contributed by atoms with E-state index in [4.69, 9.17) is 26.4 Å². The van der Waals surface area contributed by atoms with Gasteiger partial charge in [-0.1, -0.05) is 29.8 Å². The summed E-state index contributed by atoms with van der Waals surface area (Å²) < 4.78 is 5.19. The van der Waals surface area contributed by atoms with Crippen LogP contribution in [0.4, 0.5) is 4.79 Å². The fourth-order valence-electron chi connectivity index (χ4n) is 1.90. The van der Waals surface area contributed by atoms with Crippen molar-refractivity contribution in [3.05, 3.63) is 46.4 Å². The fraction of sp³-hybridized carbons (Fsp3) is 0.308. The number of amides is 1. The predicted molar refractivity (Wildman–Crippen MR) is 76.1 cm³/mol. The van der Waals surface area contributed by atoms with E-state index in [1.165, 1.54) is 4.90 Å². The minimum atomic E-state index is -1.44. The summed E-state index contributed by atoms with van der Waals surface area (Å²) in [6, 6.07) is 7.07. The smallest absolute Gasteiger partial charge is 0.445 e. The van der Waals surface area contributed by atoms with E-state index in [0.29, 0.717) is 30.0 Å². The quantitative estimate of drug-likeness (QED) is 0.831. The minimum Gasteiger partial charge on any atom is -0.445 e. The highest BCUT2D eigenvalue weighted by molar-refractivity contribution is 6.50. The van der Waals surface area contributed by atoms with Gasteiger partial charge in [0.15, 0.2) is 0 Å². The van der Waals surface area contributed by atoms with Crippen LogP contribution in [0.5, 0.6) is 0 Å². The van der Waals surface area contributed by atoms with Gasteiger partial charge >= 0.3 is 13.2 Å². The molecule has 1 aromatic rings. The van der Waals surface area contributed by atoms with Gasteiger partial charge in [0.25, 0.3) is 0 Å². The first kappa shape index (κ1) is 14.9. The summed E-state index contributed by atoms with van der Waals surface area (Å²) in [7, 11) is -1.44. The standard InChI is InChI=1S/C13H15BClNO4/c15-12-3-1-10(2-4-12)9-20-13(17)16-7-5-11(6-8-16)14(18)19/h1-5,18-19H,6-9H2. The average Bonchev–Trinajstić information content (AvgIpc) is 2.46. The zero-order valence-electron chi connectivity index (χ0n) is 10.8. The molecule has 1 aliphatic heterocycles. The van der Waals surface area contributed by atoms with Gasteiger partial charge in [0.2, 0.25) is 0 Å². The molecule has 0 aromatic heterocycles. The molecule has 1 heterocycles. The lowest BCUT2D eigenvalue weighted by Crippen LogP contribution is -2.37. The molecule has 0 saturated carbocycles. The molecule has 0 unspecified atom stereocenters. The number of hydrogen-bond acceptors (Lipinski definition) is 4. The number of nitrogens with zero attached hydrogens (tertiary/aromatic N) is 1. The van der Waals surface area contributed by atoms with Gasteiger partial charge in [-0.2, -0.15) is 0 Å². The summed E-state index contributed by atoms with van der Waals surface area (Å²) in [6.45, 7) is 0.932. The molecule has 0 bridgehead atoms. The maximum atomic E-state index is 11.8. The Hall–Kier alpha value is -1.50. The Bertz CT molecular complexity index is 504. The SMILES string of the molecule is O=C(OCc1ccc(Cl)cc1)N1CC=C(B(O)O)CC1. The largest absolute Gasteiger partial charge is 0.483 e. The lowest BCUT2D eigenvalue weighted by Gasteiger charge is -2.25. The molecule has 0 fully saturated rings. The average molecular weight is 296 g/mol. The van der Waals surface area contributed by atoms with Gasteiger partial charge in [-0.3, -0.25) is 0 Å². The number of carbonyl (C=O) groups excluding carboxylic acids is 1. The van der Waals surface area contributed by atoms with Gasteiger partial charge in [0.05, 0.1) is 0 Å². The maximum Gasteiger partial charge on any atom is 0.483 e. The number of benzene rings is 1. The molecule has 0 atom stereocenters. The van der Waals surface area contributed by atoms with E-state index >= 15 is 0 Å². The Balaban J connectivity index is 1.83. The van der Waals surface area contributed by atoms with Crippen LogP contribution in [-0.2, 0) is 11.3 Å². The van der Waals surface area contributed by atoms with E-state index in [-0.39, 0.29) is 6.61 Å². The molecule has 2 N–H and O–H groups in total. The second kappa shape index (κ2) is 6.79. The van der Waals surface area contributed by atoms with Crippen LogP contribution in [0.3, 0.4) is 0 Å². The maximum absolute atomic E-state index is 11.8. The number of ether oxygens (including phenoxy) is 1. The highest BCUT2D eigenvalue weighted by Gasteiger charge is 2.23. The Morgan fingerprint density at radius 2 is 2.05 bits per heavy atom. The Labute approximate surface area is 122 Å². The third-order valence-electron chi connectivity index (χ3n) is 3.11. The molecule has 1 aromatic carbocycles. The van der Waals surface area contributed by atoms with Crippen molar-refractivity contribution in [1.29, 1.82) is 0 Å². The van der Waals surface area contributed by atoms with Crippen molar-refractivity contribution in [2.45, 2.75) is 13.0 Å². The molecule has 5 nitrogen and oxygen atoms in total. The van der Waals surface area contributed by atoms with E-state index in [0.717, 1.165) is 5.56 Å². The molecule has 20 heavy (non-hydrogen) atoms. The van der Waals surface area contributed by atoms with Gasteiger partial charge in [0, 0.05) is 18.1 Å². The molecule has 0 radical (unpaired) electrons. The molecule has 0 saturated heterocycles. The minimum absolute atomic E-state index is 0.186. The summed E-state index contributed by atoms with van der Waals surface area (Å²) in [5.74, 6) is 0. The molecular weight excluding hydrogens is 280 g/mol. The topological polar surface area (TPSA) is 70.0 Å². The van der Waals surface area contributed by atoms with E-state index in [1.54, 1.807) is 30.3 Å². The third-order valence-corrected chi connectivity index (χ3v) is 3.36. The number of rotatable bonds is 3. The first-order valence-electron chi connectivity index (χ1n) is 6.27. The second-order valence-corrected chi connectivity index (χ2v) is 4.97. The molecule has 106 valence electrons. The van der Waals surface area contributed by atoms with Crippen LogP contribution < -0.4 is 0 Å². The van der Waals surface area contributed by atoms with E-state index < -0.39 is 13.2 Å². The molecule has 0 aliphatic carbocycles. The summed E-state index contributed by atoms with van der Waals surface area (Å²) in [6.07, 6.45) is 1.66. The van der Waals surface area contributed by atoms with Crippen LogP contribution in [0.15, 0.2) is 35.8 Å². The summed E-state index contributed by atoms with van der Waals surface area (Å²) >= 11 is 5.77. The number of carbonyl (C=O) groups is 1. The van der Waals surface area contributed by atoms with Crippen molar-refractivity contribution < 1.29 is 19.6 Å². The van der Waals surface area contributed by atoms with E-state index in [2.05, 4.69) is 0 Å². The lowest BCUT2D eigenvalue weighted by atomic mass is 9.76. The van der Waals surface area contributed by atoms with Crippen molar-refractivity contribution in [3.8, 4) is 0 Å². The van der Waals surface area contributed by atoms with E-state index in [1.807, 2.05) is 0 Å². The lowest BCUT2D eigenvalue weighted by molar-refractivity contribution is 0.0990. The van der Waals surface area contributed by atoms with Gasteiger partial charge in [-0.25, -0.2) is 4.79 Å². The summed E-state index contributed by atoms with van der Waals surface area (Å²) in [5.41, 5.74) is 1.40. The van der Waals surface area contributed by atoms with Crippen LogP contribution in [0.2, 0.25) is 5.02 Å². The Morgan fingerprint density at radius 3 is 2.60 bits per heavy atom. The Morgan fingerprint density at radius 1 is 1.35 bits per heavy atom. The molecule has 0 spiro atoms. The normalized spacial score (nSPS) is 14.8. The highest BCUT2D eigenvalue weighted by atomic mass is 35.5. The summed E-state index contributed by atoms with van der Waals surface area (Å²) in [4.78, 5) is 13.4. The van der Waals surface area contributed by atoms with Crippen LogP contribution in [0, 0.1) is 0 Å². The molecular formula is C13H15BClNO4. The molecule has 7 heteroatoms. The van der Waals surface area contributed by atoms with E-state index in [9.17, 15) is 4.79 Å². The van der Waals surface area contributed by atoms with Gasteiger partial charge < -0.3 is 19.7 Å². The first-order chi connectivity index (χ1) is 9.56. The molecule has 1 aliphatic rings. The molecule has 1 amide bonds. The van der Waals surface area contributed by atoms with Crippen LogP contribution >= 0.6 is 11.6 Å². The van der Waals surface area contributed by atoms with Crippen molar-refractivity contribution >= 4 is 24.8 Å². The van der Waals surface area contributed by atoms with Crippen LogP contribution in [-0.4, -0.2) is 41.2 Å². The highest BCUT2D eigenvalue weighted by Crippen LogP contribution is 2.14. The zero-order chi connectivity index (χ0) is 14.5.